The summed E-state index contributed by atoms with van der Waals surface area (Å²) in [4.78, 5) is 17.1. The maximum absolute atomic E-state index is 12.8. The maximum Gasteiger partial charge on any atom is 0.246 e. The SMILES string of the molecule is COc1cc(/C=C/C(=O)N2CCN(Cc3cccc4ccccc34)CC2)cc(OC)c1OC. The number of hydrogen-bond donors (Lipinski definition) is 0. The fourth-order valence-corrected chi connectivity index (χ4v) is 4.27. The van der Waals surface area contributed by atoms with Crippen molar-refractivity contribution < 1.29 is 19.0 Å². The van der Waals surface area contributed by atoms with Gasteiger partial charge in [0.2, 0.25) is 11.7 Å². The van der Waals surface area contributed by atoms with Crippen molar-refractivity contribution in [2.45, 2.75) is 6.54 Å². The van der Waals surface area contributed by atoms with Gasteiger partial charge in [-0.05, 0) is 40.1 Å². The number of ether oxygens (including phenoxy) is 3. The van der Waals surface area contributed by atoms with E-state index in [9.17, 15) is 4.79 Å². The Kier molecular flexibility index (Phi) is 7.15. The number of carbonyl (C=O) groups excluding carboxylic acids is 1. The molecule has 1 heterocycles. The minimum absolute atomic E-state index is 0.00793. The van der Waals surface area contributed by atoms with Gasteiger partial charge in [-0.3, -0.25) is 9.69 Å². The monoisotopic (exact) mass is 446 g/mol. The van der Waals surface area contributed by atoms with Crippen LogP contribution in [0.1, 0.15) is 11.1 Å². The first kappa shape index (κ1) is 22.7. The highest BCUT2D eigenvalue weighted by molar-refractivity contribution is 5.92. The van der Waals surface area contributed by atoms with Crippen LogP contribution in [0.15, 0.2) is 60.7 Å². The molecule has 6 nitrogen and oxygen atoms in total. The van der Waals surface area contributed by atoms with Crippen LogP contribution in [-0.4, -0.2) is 63.2 Å². The number of piperazine rings is 1. The summed E-state index contributed by atoms with van der Waals surface area (Å²) < 4.78 is 16.1. The normalized spacial score (nSPS) is 14.6. The second kappa shape index (κ2) is 10.4. The van der Waals surface area contributed by atoms with E-state index in [4.69, 9.17) is 14.2 Å². The third kappa shape index (κ3) is 5.12. The van der Waals surface area contributed by atoms with Crippen molar-refractivity contribution in [3.63, 3.8) is 0 Å². The van der Waals surface area contributed by atoms with Crippen LogP contribution >= 0.6 is 0 Å². The quantitative estimate of drug-likeness (QED) is 0.509. The van der Waals surface area contributed by atoms with Gasteiger partial charge < -0.3 is 19.1 Å². The molecule has 0 spiro atoms. The molecule has 1 saturated heterocycles. The second-order valence-electron chi connectivity index (χ2n) is 8.03. The first-order chi connectivity index (χ1) is 16.1. The molecule has 0 unspecified atom stereocenters. The van der Waals surface area contributed by atoms with E-state index >= 15 is 0 Å². The number of methoxy groups -OCH3 is 3. The highest BCUT2D eigenvalue weighted by atomic mass is 16.5. The van der Waals surface area contributed by atoms with Crippen LogP contribution in [-0.2, 0) is 11.3 Å². The Morgan fingerprint density at radius 3 is 2.21 bits per heavy atom. The van der Waals surface area contributed by atoms with E-state index in [2.05, 4.69) is 47.4 Å². The number of benzene rings is 3. The fourth-order valence-electron chi connectivity index (χ4n) is 4.27. The molecule has 0 bridgehead atoms. The average Bonchev–Trinajstić information content (AvgIpc) is 2.87. The number of rotatable bonds is 7. The lowest BCUT2D eigenvalue weighted by molar-refractivity contribution is -0.127. The molecule has 3 aromatic carbocycles. The molecule has 0 saturated carbocycles. The third-order valence-electron chi connectivity index (χ3n) is 6.06. The zero-order valence-electron chi connectivity index (χ0n) is 19.4. The van der Waals surface area contributed by atoms with Crippen LogP contribution in [0, 0.1) is 0 Å². The Balaban J connectivity index is 1.37. The zero-order chi connectivity index (χ0) is 23.2. The van der Waals surface area contributed by atoms with Gasteiger partial charge in [0, 0.05) is 38.8 Å². The summed E-state index contributed by atoms with van der Waals surface area (Å²) in [5.74, 6) is 1.66. The molecule has 0 radical (unpaired) electrons. The first-order valence-electron chi connectivity index (χ1n) is 11.1. The Bertz CT molecular complexity index is 1120. The lowest BCUT2D eigenvalue weighted by Crippen LogP contribution is -2.47. The highest BCUT2D eigenvalue weighted by Gasteiger charge is 2.20. The Hall–Kier alpha value is -3.51. The smallest absolute Gasteiger partial charge is 0.246 e. The van der Waals surface area contributed by atoms with E-state index < -0.39 is 0 Å². The van der Waals surface area contributed by atoms with Crippen molar-refractivity contribution in [3.05, 3.63) is 71.8 Å². The van der Waals surface area contributed by atoms with Gasteiger partial charge in [0.25, 0.3) is 0 Å². The topological polar surface area (TPSA) is 51.2 Å². The first-order valence-corrected chi connectivity index (χ1v) is 11.1. The van der Waals surface area contributed by atoms with Gasteiger partial charge >= 0.3 is 0 Å². The molecule has 3 aromatic rings. The van der Waals surface area contributed by atoms with Gasteiger partial charge in [0.05, 0.1) is 21.3 Å². The third-order valence-corrected chi connectivity index (χ3v) is 6.06. The van der Waals surface area contributed by atoms with Crippen LogP contribution in [0.4, 0.5) is 0 Å². The Morgan fingerprint density at radius 1 is 0.879 bits per heavy atom. The van der Waals surface area contributed by atoms with Crippen molar-refractivity contribution in [2.75, 3.05) is 47.5 Å². The summed E-state index contributed by atoms with van der Waals surface area (Å²) in [7, 11) is 4.72. The van der Waals surface area contributed by atoms with E-state index in [1.165, 1.54) is 16.3 Å². The minimum atomic E-state index is 0.00793. The molecule has 172 valence electrons. The van der Waals surface area contributed by atoms with Crippen molar-refractivity contribution in [3.8, 4) is 17.2 Å². The molecule has 4 rings (SSSR count). The molecule has 1 fully saturated rings. The number of amides is 1. The summed E-state index contributed by atoms with van der Waals surface area (Å²) in [6.45, 7) is 4.02. The van der Waals surface area contributed by atoms with Crippen molar-refractivity contribution in [2.24, 2.45) is 0 Å². The average molecular weight is 447 g/mol. The van der Waals surface area contributed by atoms with Gasteiger partial charge in [0.1, 0.15) is 0 Å². The molecule has 0 aromatic heterocycles. The molecule has 33 heavy (non-hydrogen) atoms. The molecule has 0 atom stereocenters. The van der Waals surface area contributed by atoms with Gasteiger partial charge in [0.15, 0.2) is 11.5 Å². The van der Waals surface area contributed by atoms with Crippen molar-refractivity contribution in [1.29, 1.82) is 0 Å². The summed E-state index contributed by atoms with van der Waals surface area (Å²) >= 11 is 0. The van der Waals surface area contributed by atoms with E-state index in [1.807, 2.05) is 17.0 Å². The zero-order valence-corrected chi connectivity index (χ0v) is 19.4. The summed E-state index contributed by atoms with van der Waals surface area (Å²) in [6.07, 6.45) is 3.40. The van der Waals surface area contributed by atoms with Crippen LogP contribution in [0.3, 0.4) is 0 Å². The predicted molar refractivity (Wildman–Crippen MR) is 131 cm³/mol. The summed E-state index contributed by atoms with van der Waals surface area (Å²) in [6, 6.07) is 18.6. The molecular formula is C27H30N2O4. The lowest BCUT2D eigenvalue weighted by atomic mass is 10.0. The molecule has 0 aliphatic carbocycles. The molecule has 0 N–H and O–H groups in total. The molecular weight excluding hydrogens is 416 g/mol. The number of fused-ring (bicyclic) bond motifs is 1. The predicted octanol–water partition coefficient (Wildman–Crippen LogP) is 4.22. The van der Waals surface area contributed by atoms with Crippen LogP contribution in [0.5, 0.6) is 17.2 Å². The van der Waals surface area contributed by atoms with Gasteiger partial charge in [-0.1, -0.05) is 42.5 Å². The standard InChI is InChI=1S/C27H30N2O4/c1-31-24-17-20(18-25(32-2)27(24)33-3)11-12-26(30)29-15-13-28(14-16-29)19-22-9-6-8-21-7-4-5-10-23(21)22/h4-12,17-18H,13-16,19H2,1-3H3/b12-11+. The van der Waals surface area contributed by atoms with Crippen LogP contribution in [0.2, 0.25) is 0 Å². The van der Waals surface area contributed by atoms with E-state index in [0.29, 0.717) is 30.3 Å². The Morgan fingerprint density at radius 2 is 1.55 bits per heavy atom. The lowest BCUT2D eigenvalue weighted by Gasteiger charge is -2.34. The second-order valence-corrected chi connectivity index (χ2v) is 8.03. The molecule has 1 aliphatic heterocycles. The highest BCUT2D eigenvalue weighted by Crippen LogP contribution is 2.38. The largest absolute Gasteiger partial charge is 0.493 e. The summed E-state index contributed by atoms with van der Waals surface area (Å²) in [5.41, 5.74) is 2.14. The Labute approximate surface area is 195 Å². The molecule has 1 aliphatic rings. The molecule has 1 amide bonds. The van der Waals surface area contributed by atoms with E-state index in [1.54, 1.807) is 33.5 Å². The van der Waals surface area contributed by atoms with Gasteiger partial charge in [-0.15, -0.1) is 0 Å². The van der Waals surface area contributed by atoms with Crippen molar-refractivity contribution in [1.82, 2.24) is 9.80 Å². The molecule has 6 heteroatoms. The number of hydrogen-bond acceptors (Lipinski definition) is 5. The van der Waals surface area contributed by atoms with E-state index in [0.717, 1.165) is 25.2 Å². The van der Waals surface area contributed by atoms with Crippen LogP contribution < -0.4 is 14.2 Å². The number of carbonyl (C=O) groups is 1. The van der Waals surface area contributed by atoms with Gasteiger partial charge in [-0.2, -0.15) is 0 Å². The number of nitrogens with zero attached hydrogens (tertiary/aromatic N) is 2. The fraction of sp³-hybridized carbons (Fsp3) is 0.296. The van der Waals surface area contributed by atoms with Crippen LogP contribution in [0.25, 0.3) is 16.8 Å². The van der Waals surface area contributed by atoms with Gasteiger partial charge in [-0.25, -0.2) is 0 Å². The van der Waals surface area contributed by atoms with Crippen molar-refractivity contribution >= 4 is 22.8 Å². The minimum Gasteiger partial charge on any atom is -0.493 e. The maximum atomic E-state index is 12.8. The van der Waals surface area contributed by atoms with E-state index in [-0.39, 0.29) is 5.91 Å². The summed E-state index contributed by atoms with van der Waals surface area (Å²) in [5, 5.41) is 2.56.